The van der Waals surface area contributed by atoms with Crippen molar-refractivity contribution in [1.82, 2.24) is 10.6 Å². The molecule has 0 aliphatic carbocycles. The van der Waals surface area contributed by atoms with E-state index in [-0.39, 0.29) is 0 Å². The molecule has 1 spiro atoms. The maximum Gasteiger partial charge on any atom is 0.0937 e. The fourth-order valence-electron chi connectivity index (χ4n) is 1.92. The number of aliphatic imine (C=N–C) groups is 1. The maximum atomic E-state index is 4.39. The van der Waals surface area contributed by atoms with E-state index < -0.39 is 0 Å². The SMILES string of the molecule is CC1=NCC2(CCNCC2)N1. The van der Waals surface area contributed by atoms with E-state index in [1.54, 1.807) is 0 Å². The number of hydrogen-bond acceptors (Lipinski definition) is 3. The number of hydrogen-bond donors (Lipinski definition) is 2. The summed E-state index contributed by atoms with van der Waals surface area (Å²) < 4.78 is 0. The number of rotatable bonds is 0. The molecule has 0 saturated carbocycles. The molecule has 0 radical (unpaired) electrons. The van der Waals surface area contributed by atoms with Gasteiger partial charge >= 0.3 is 0 Å². The zero-order valence-corrected chi connectivity index (χ0v) is 6.98. The topological polar surface area (TPSA) is 36.4 Å². The van der Waals surface area contributed by atoms with Crippen molar-refractivity contribution in [2.45, 2.75) is 25.3 Å². The van der Waals surface area contributed by atoms with Gasteiger partial charge in [0, 0.05) is 0 Å². The van der Waals surface area contributed by atoms with Gasteiger partial charge in [-0.15, -0.1) is 0 Å². The first-order chi connectivity index (χ1) is 5.31. The van der Waals surface area contributed by atoms with E-state index in [1.807, 2.05) is 0 Å². The summed E-state index contributed by atoms with van der Waals surface area (Å²) >= 11 is 0. The van der Waals surface area contributed by atoms with Gasteiger partial charge in [0.05, 0.1) is 17.9 Å². The highest BCUT2D eigenvalue weighted by molar-refractivity contribution is 5.82. The molecule has 2 aliphatic rings. The molecule has 11 heavy (non-hydrogen) atoms. The van der Waals surface area contributed by atoms with Gasteiger partial charge in [-0.25, -0.2) is 0 Å². The molecule has 1 fully saturated rings. The maximum absolute atomic E-state index is 4.39. The van der Waals surface area contributed by atoms with Crippen LogP contribution in [-0.4, -0.2) is 31.0 Å². The predicted molar refractivity (Wildman–Crippen MR) is 45.9 cm³/mol. The minimum absolute atomic E-state index is 0.329. The number of piperidine rings is 1. The van der Waals surface area contributed by atoms with Crippen molar-refractivity contribution < 1.29 is 0 Å². The van der Waals surface area contributed by atoms with Crippen molar-refractivity contribution in [2.75, 3.05) is 19.6 Å². The summed E-state index contributed by atoms with van der Waals surface area (Å²) in [6.45, 7) is 5.31. The van der Waals surface area contributed by atoms with E-state index in [0.717, 1.165) is 25.5 Å². The predicted octanol–water partition coefficient (Wildman–Crippen LogP) is 0.130. The fraction of sp³-hybridized carbons (Fsp3) is 0.875. The van der Waals surface area contributed by atoms with Crippen LogP contribution in [0.5, 0.6) is 0 Å². The lowest BCUT2D eigenvalue weighted by atomic mass is 9.89. The minimum Gasteiger partial charge on any atom is -0.367 e. The third kappa shape index (κ3) is 1.25. The van der Waals surface area contributed by atoms with Crippen molar-refractivity contribution in [3.05, 3.63) is 0 Å². The molecule has 2 rings (SSSR count). The van der Waals surface area contributed by atoms with Crippen LogP contribution in [0.1, 0.15) is 19.8 Å². The molecule has 3 nitrogen and oxygen atoms in total. The van der Waals surface area contributed by atoms with Crippen LogP contribution in [0.2, 0.25) is 0 Å². The van der Waals surface area contributed by atoms with Gasteiger partial charge in [-0.1, -0.05) is 0 Å². The highest BCUT2D eigenvalue weighted by Crippen LogP contribution is 2.21. The van der Waals surface area contributed by atoms with Gasteiger partial charge in [0.2, 0.25) is 0 Å². The Morgan fingerprint density at radius 3 is 2.64 bits per heavy atom. The molecule has 0 bridgehead atoms. The van der Waals surface area contributed by atoms with Crippen LogP contribution < -0.4 is 10.6 Å². The lowest BCUT2D eigenvalue weighted by Gasteiger charge is -2.33. The van der Waals surface area contributed by atoms with Crippen molar-refractivity contribution in [3.63, 3.8) is 0 Å². The quantitative estimate of drug-likeness (QED) is 0.519. The Labute approximate surface area is 67.3 Å². The van der Waals surface area contributed by atoms with Gasteiger partial charge in [0.15, 0.2) is 0 Å². The minimum atomic E-state index is 0.329. The van der Waals surface area contributed by atoms with Gasteiger partial charge in [-0.05, 0) is 32.9 Å². The smallest absolute Gasteiger partial charge is 0.0937 e. The fourth-order valence-corrected chi connectivity index (χ4v) is 1.92. The summed E-state index contributed by atoms with van der Waals surface area (Å²) in [5, 5.41) is 6.84. The Morgan fingerprint density at radius 2 is 2.09 bits per heavy atom. The van der Waals surface area contributed by atoms with Crippen LogP contribution >= 0.6 is 0 Å². The van der Waals surface area contributed by atoms with E-state index in [2.05, 4.69) is 22.5 Å². The van der Waals surface area contributed by atoms with Gasteiger partial charge in [0.1, 0.15) is 0 Å². The molecule has 2 aliphatic heterocycles. The molecule has 0 aromatic heterocycles. The second kappa shape index (κ2) is 2.48. The Hall–Kier alpha value is -0.570. The molecule has 0 aromatic rings. The molecule has 2 N–H and O–H groups in total. The molecule has 0 aromatic carbocycles. The summed E-state index contributed by atoms with van der Waals surface area (Å²) in [4.78, 5) is 4.39. The molecule has 3 heteroatoms. The first-order valence-electron chi connectivity index (χ1n) is 4.31. The molecule has 1 saturated heterocycles. The average Bonchev–Trinajstić information content (AvgIpc) is 2.34. The molecule has 0 atom stereocenters. The molecule has 62 valence electrons. The Balaban J connectivity index is 2.01. The number of nitrogens with zero attached hydrogens (tertiary/aromatic N) is 1. The highest BCUT2D eigenvalue weighted by Gasteiger charge is 2.34. The van der Waals surface area contributed by atoms with Crippen molar-refractivity contribution >= 4 is 5.84 Å². The van der Waals surface area contributed by atoms with Gasteiger partial charge in [-0.2, -0.15) is 0 Å². The summed E-state index contributed by atoms with van der Waals surface area (Å²) in [5.74, 6) is 1.12. The van der Waals surface area contributed by atoms with E-state index in [9.17, 15) is 0 Å². The zero-order valence-electron chi connectivity index (χ0n) is 6.98. The van der Waals surface area contributed by atoms with Crippen molar-refractivity contribution in [2.24, 2.45) is 4.99 Å². The molecule has 0 unspecified atom stereocenters. The third-order valence-corrected chi connectivity index (χ3v) is 2.63. The average molecular weight is 153 g/mol. The second-order valence-electron chi connectivity index (χ2n) is 3.56. The van der Waals surface area contributed by atoms with Crippen LogP contribution in [0, 0.1) is 0 Å². The molecule has 0 amide bonds. The Kier molecular flexibility index (Phi) is 1.60. The van der Waals surface area contributed by atoms with Gasteiger partial charge in [-0.3, -0.25) is 4.99 Å². The van der Waals surface area contributed by atoms with E-state index >= 15 is 0 Å². The monoisotopic (exact) mass is 153 g/mol. The molecule has 2 heterocycles. The second-order valence-corrected chi connectivity index (χ2v) is 3.56. The number of nitrogens with one attached hydrogen (secondary N) is 2. The zero-order chi connectivity index (χ0) is 7.73. The third-order valence-electron chi connectivity index (χ3n) is 2.63. The molecular weight excluding hydrogens is 138 g/mol. The van der Waals surface area contributed by atoms with Crippen LogP contribution in [0.15, 0.2) is 4.99 Å². The summed E-state index contributed by atoms with van der Waals surface area (Å²) in [6.07, 6.45) is 2.43. The molecular formula is C8H15N3. The Bertz CT molecular complexity index is 180. The lowest BCUT2D eigenvalue weighted by Crippen LogP contribution is -2.52. The van der Waals surface area contributed by atoms with Crippen LogP contribution in [0.25, 0.3) is 0 Å². The first kappa shape index (κ1) is 7.10. The van der Waals surface area contributed by atoms with Crippen LogP contribution in [-0.2, 0) is 0 Å². The summed E-state index contributed by atoms with van der Waals surface area (Å²) in [5.41, 5.74) is 0.329. The Morgan fingerprint density at radius 1 is 1.36 bits per heavy atom. The van der Waals surface area contributed by atoms with Crippen molar-refractivity contribution in [3.8, 4) is 0 Å². The highest BCUT2D eigenvalue weighted by atomic mass is 15.2. The van der Waals surface area contributed by atoms with E-state index in [4.69, 9.17) is 0 Å². The summed E-state index contributed by atoms with van der Waals surface area (Å²) in [7, 11) is 0. The van der Waals surface area contributed by atoms with Gasteiger partial charge < -0.3 is 10.6 Å². The van der Waals surface area contributed by atoms with E-state index in [0.29, 0.717) is 5.54 Å². The standard InChI is InChI=1S/C8H15N3/c1-7-10-6-8(11-7)2-4-9-5-3-8/h9H,2-6H2,1H3,(H,10,11). The van der Waals surface area contributed by atoms with Crippen molar-refractivity contribution in [1.29, 1.82) is 0 Å². The summed E-state index contributed by atoms with van der Waals surface area (Å²) in [6, 6.07) is 0. The lowest BCUT2D eigenvalue weighted by molar-refractivity contribution is 0.302. The van der Waals surface area contributed by atoms with Gasteiger partial charge in [0.25, 0.3) is 0 Å². The first-order valence-corrected chi connectivity index (χ1v) is 4.31. The normalized spacial score (nSPS) is 28.3. The number of amidine groups is 1. The van der Waals surface area contributed by atoms with Crippen LogP contribution in [0.3, 0.4) is 0 Å². The van der Waals surface area contributed by atoms with E-state index in [1.165, 1.54) is 12.8 Å². The largest absolute Gasteiger partial charge is 0.367 e. The van der Waals surface area contributed by atoms with Crippen LogP contribution in [0.4, 0.5) is 0 Å².